The number of esters is 1. The fraction of sp³-hybridized carbons (Fsp3) is 0.581. The van der Waals surface area contributed by atoms with Crippen LogP contribution in [0.4, 0.5) is 13.2 Å². The van der Waals surface area contributed by atoms with E-state index in [1.54, 1.807) is 43.5 Å². The van der Waals surface area contributed by atoms with Crippen LogP contribution in [0.15, 0.2) is 35.6 Å². The van der Waals surface area contributed by atoms with Gasteiger partial charge in [-0.05, 0) is 62.2 Å². The predicted molar refractivity (Wildman–Crippen MR) is 168 cm³/mol. The van der Waals surface area contributed by atoms with Crippen molar-refractivity contribution in [3.05, 3.63) is 46.7 Å². The molecule has 8 nitrogen and oxygen atoms in total. The average molecular weight is 669 g/mol. The number of nitrogens with zero attached hydrogens (tertiary/aromatic N) is 2. The van der Waals surface area contributed by atoms with E-state index in [4.69, 9.17) is 10.5 Å². The van der Waals surface area contributed by atoms with Crippen molar-refractivity contribution in [3.8, 4) is 10.4 Å². The first-order chi connectivity index (χ1) is 19.8. The molecule has 0 saturated heterocycles. The number of hydrogen-bond acceptors (Lipinski definition) is 8. The monoisotopic (exact) mass is 668 g/mol. The zero-order chi connectivity index (χ0) is 31.9. The minimum absolute atomic E-state index is 0. The second-order valence-electron chi connectivity index (χ2n) is 10.0. The number of nitrogens with one attached hydrogen (secondary N) is 1. The largest absolute Gasteiger partial charge is 1.00 e. The molecular weight excluding hydrogens is 621 g/mol. The van der Waals surface area contributed by atoms with Crippen molar-refractivity contribution in [2.45, 2.75) is 104 Å². The Kier molecular flexibility index (Phi) is 22.9. The molecule has 2 aromatic rings. The third-order valence-electron chi connectivity index (χ3n) is 6.42. The Morgan fingerprint density at radius 1 is 1.25 bits per heavy atom. The van der Waals surface area contributed by atoms with E-state index in [-0.39, 0.29) is 68.9 Å². The first-order valence-corrected chi connectivity index (χ1v) is 15.3. The number of halogens is 3. The molecule has 0 spiro atoms. The molecule has 1 aliphatic carbocycles. The molecule has 0 aliphatic heterocycles. The number of carbonyl (C=O) groups is 1. The van der Waals surface area contributed by atoms with Gasteiger partial charge in [0.2, 0.25) is 0 Å². The summed E-state index contributed by atoms with van der Waals surface area (Å²) in [4.78, 5) is 19.4. The van der Waals surface area contributed by atoms with E-state index < -0.39 is 18.4 Å². The average Bonchev–Trinajstić information content (AvgIpc) is 3.46. The third-order valence-corrected chi connectivity index (χ3v) is 7.62. The van der Waals surface area contributed by atoms with Crippen molar-refractivity contribution in [1.82, 2.24) is 10.3 Å². The maximum atomic E-state index is 13.2. The van der Waals surface area contributed by atoms with Crippen molar-refractivity contribution in [3.63, 3.8) is 0 Å². The number of alkyl halides is 3. The van der Waals surface area contributed by atoms with Gasteiger partial charge in [0.05, 0.1) is 16.0 Å². The molecule has 5 N–H and O–H groups in total. The van der Waals surface area contributed by atoms with Crippen LogP contribution in [0, 0.1) is 0 Å². The Hall–Kier alpha value is -1.16. The summed E-state index contributed by atoms with van der Waals surface area (Å²) >= 11 is 1.60. The fourth-order valence-electron chi connectivity index (χ4n) is 4.23. The van der Waals surface area contributed by atoms with E-state index in [9.17, 15) is 23.1 Å². The molecule has 1 aromatic heterocycles. The van der Waals surface area contributed by atoms with Crippen molar-refractivity contribution in [1.29, 1.82) is 0 Å². The zero-order valence-electron chi connectivity index (χ0n) is 27.3. The van der Waals surface area contributed by atoms with Gasteiger partial charge in [-0.1, -0.05) is 59.1 Å². The first-order valence-electron chi connectivity index (χ1n) is 14.5. The van der Waals surface area contributed by atoms with Gasteiger partial charge >= 0.3 is 63.5 Å². The van der Waals surface area contributed by atoms with E-state index in [0.717, 1.165) is 34.5 Å². The van der Waals surface area contributed by atoms with Crippen LogP contribution in [0.5, 0.6) is 0 Å². The predicted octanol–water partition coefficient (Wildman–Crippen LogP) is 3.10. The molecule has 0 radical (unpaired) electrons. The number of carbonyl (C=O) groups excluding carboxylic acids is 1. The molecule has 1 aromatic carbocycles. The Labute approximate surface area is 306 Å². The Morgan fingerprint density at radius 3 is 2.34 bits per heavy atom. The minimum Gasteiger partial charge on any atom is -0.835 e. The number of hydrogen-bond donors (Lipinski definition) is 2. The zero-order valence-corrected chi connectivity index (χ0v) is 31.2. The van der Waals surface area contributed by atoms with Crippen LogP contribution in [0.1, 0.15) is 102 Å². The van der Waals surface area contributed by atoms with Crippen LogP contribution in [0.3, 0.4) is 0 Å². The van der Waals surface area contributed by atoms with Crippen LogP contribution in [-0.4, -0.2) is 48.5 Å². The molecule has 3 rings (SSSR count). The molecule has 13 heteroatoms. The summed E-state index contributed by atoms with van der Waals surface area (Å²) in [5, 5.41) is 17.1. The topological polar surface area (TPSA) is 144 Å². The minimum atomic E-state index is -4.40. The van der Waals surface area contributed by atoms with Crippen molar-refractivity contribution >= 4 is 29.1 Å². The Morgan fingerprint density at radius 2 is 1.86 bits per heavy atom. The third kappa shape index (κ3) is 15.4. The van der Waals surface area contributed by atoms with Crippen LogP contribution in [-0.2, 0) is 15.3 Å². The van der Waals surface area contributed by atoms with E-state index in [2.05, 4.69) is 15.3 Å². The number of aromatic nitrogens is 1. The summed E-state index contributed by atoms with van der Waals surface area (Å²) in [6.45, 7) is 9.68. The summed E-state index contributed by atoms with van der Waals surface area (Å²) in [5.41, 5.74) is 6.08. The molecule has 0 amide bonds. The van der Waals surface area contributed by atoms with Gasteiger partial charge < -0.3 is 26.4 Å². The fourth-order valence-corrected chi connectivity index (χ4v) is 5.35. The maximum Gasteiger partial charge on any atom is 1.00 e. The molecule has 1 heterocycles. The van der Waals surface area contributed by atoms with E-state index in [1.165, 1.54) is 32.4 Å². The summed E-state index contributed by atoms with van der Waals surface area (Å²) in [6.07, 6.45) is 6.14. The number of ether oxygens (including phenoxy) is 1. The Bertz CT molecular complexity index is 1170. The summed E-state index contributed by atoms with van der Waals surface area (Å²) in [5.74, 6) is 0.338. The molecule has 1 atom stereocenters. The SMILES string of the molecule is CC.CCC(=O)OC(C)C.CNC(C)([O-])c1cc(/C(C=NCC(F)(F)F)=C/N)ccc1-c1cnc(C2CCCCC2)s1.O.[K+]. The summed E-state index contributed by atoms with van der Waals surface area (Å²) in [6, 6.07) is 5.21. The number of nitrogens with two attached hydrogens (primary N) is 1. The van der Waals surface area contributed by atoms with Crippen LogP contribution >= 0.6 is 11.3 Å². The van der Waals surface area contributed by atoms with Crippen molar-refractivity contribution in [2.24, 2.45) is 10.7 Å². The quantitative estimate of drug-likeness (QED) is 0.182. The van der Waals surface area contributed by atoms with Crippen LogP contribution in [0.2, 0.25) is 0 Å². The summed E-state index contributed by atoms with van der Waals surface area (Å²) in [7, 11) is 1.58. The maximum absolute atomic E-state index is 13.2. The number of allylic oxidation sites excluding steroid dienone is 1. The van der Waals surface area contributed by atoms with E-state index >= 15 is 0 Å². The van der Waals surface area contributed by atoms with Crippen LogP contribution < -0.4 is 67.5 Å². The van der Waals surface area contributed by atoms with Gasteiger partial charge in [0, 0.05) is 36.5 Å². The first kappa shape index (κ1) is 45.0. The van der Waals surface area contributed by atoms with E-state index in [1.807, 2.05) is 33.9 Å². The second kappa shape index (κ2) is 22.4. The molecule has 1 fully saturated rings. The van der Waals surface area contributed by atoms with Gasteiger partial charge in [0.1, 0.15) is 6.54 Å². The molecule has 1 unspecified atom stereocenters. The van der Waals surface area contributed by atoms with Gasteiger partial charge in [-0.15, -0.1) is 11.3 Å². The number of thiazole rings is 1. The van der Waals surface area contributed by atoms with E-state index in [0.29, 0.717) is 29.0 Å². The van der Waals surface area contributed by atoms with Crippen molar-refractivity contribution in [2.75, 3.05) is 13.6 Å². The van der Waals surface area contributed by atoms with Crippen molar-refractivity contribution < 1.29 is 84.7 Å². The molecule has 1 aliphatic rings. The van der Waals surface area contributed by atoms with Gasteiger partial charge in [-0.2, -0.15) is 13.2 Å². The molecule has 44 heavy (non-hydrogen) atoms. The van der Waals surface area contributed by atoms with Gasteiger partial charge in [0.25, 0.3) is 0 Å². The standard InChI is InChI=1S/C23H28F3N4OS.C6H12O2.C2H6.K.H2O/c1-22(31,28-2)19-10-16(17(11-27)12-29-14-23(24,25)26)8-9-18(19)20-13-30-21(32-20)15-6-4-3-5-7-15;1-4-6(7)8-5(2)3;1-2;;/h8-13,15,28H,3-7,14,27H2,1-2H3;5H,4H2,1-3H3;1-2H3;;1H2/q-1;;;+1;/b17-11+,29-12?;;;;. The number of benzene rings is 1. The molecule has 244 valence electrons. The van der Waals surface area contributed by atoms with Gasteiger partial charge in [-0.3, -0.25) is 9.79 Å². The van der Waals surface area contributed by atoms with Gasteiger partial charge in [0.15, 0.2) is 0 Å². The van der Waals surface area contributed by atoms with Gasteiger partial charge in [-0.25, -0.2) is 4.98 Å². The number of rotatable bonds is 9. The molecular formula is C31H48F3KN4O4S. The smallest absolute Gasteiger partial charge is 0.835 e. The molecule has 1 saturated carbocycles. The van der Waals surface area contributed by atoms with Crippen LogP contribution in [0.25, 0.3) is 16.0 Å². The molecule has 0 bridgehead atoms. The number of aliphatic imine (C=N–C) groups is 1. The Balaban J connectivity index is 0. The second-order valence-corrected chi connectivity index (χ2v) is 11.1. The summed E-state index contributed by atoms with van der Waals surface area (Å²) < 4.78 is 42.1. The normalized spacial score (nSPS) is 15.1.